The van der Waals surface area contributed by atoms with E-state index in [9.17, 15) is 19.1 Å². The standard InChI is InChI=1S/C25H29FN2O4/c1-16(2)32-20-8-5-7-18(15-20)23(29)21-22(17-9-11-19(26)12-10-17)28(25(31)24(21)30)14-6-13-27(3)4/h5,7-12,15-16,22,29H,6,13-14H2,1-4H3/b23-21-. The monoisotopic (exact) mass is 440 g/mol. The van der Waals surface area contributed by atoms with Crippen molar-refractivity contribution in [3.63, 3.8) is 0 Å². The summed E-state index contributed by atoms with van der Waals surface area (Å²) in [5.74, 6) is -1.58. The number of carbonyl (C=O) groups is 2. The van der Waals surface area contributed by atoms with Gasteiger partial charge in [0.1, 0.15) is 17.3 Å². The highest BCUT2D eigenvalue weighted by atomic mass is 19.1. The van der Waals surface area contributed by atoms with Crippen LogP contribution in [0.2, 0.25) is 0 Å². The molecule has 1 atom stereocenters. The van der Waals surface area contributed by atoms with Gasteiger partial charge < -0.3 is 19.6 Å². The number of hydrogen-bond donors (Lipinski definition) is 1. The van der Waals surface area contributed by atoms with Crippen molar-refractivity contribution in [1.82, 2.24) is 9.80 Å². The van der Waals surface area contributed by atoms with Crippen LogP contribution in [0.25, 0.3) is 5.76 Å². The van der Waals surface area contributed by atoms with E-state index in [1.54, 1.807) is 24.3 Å². The maximum Gasteiger partial charge on any atom is 0.295 e. The number of benzene rings is 2. The number of aliphatic hydroxyl groups excluding tert-OH is 1. The van der Waals surface area contributed by atoms with Gasteiger partial charge in [0.25, 0.3) is 11.7 Å². The first-order valence-electron chi connectivity index (χ1n) is 10.6. The molecule has 2 aromatic rings. The van der Waals surface area contributed by atoms with E-state index in [-0.39, 0.29) is 17.4 Å². The maximum absolute atomic E-state index is 13.6. The zero-order valence-corrected chi connectivity index (χ0v) is 18.8. The fourth-order valence-electron chi connectivity index (χ4n) is 3.80. The normalized spacial score (nSPS) is 18.1. The Morgan fingerprint density at radius 3 is 2.47 bits per heavy atom. The van der Waals surface area contributed by atoms with E-state index in [4.69, 9.17) is 4.74 Å². The topological polar surface area (TPSA) is 70.1 Å². The van der Waals surface area contributed by atoms with E-state index in [2.05, 4.69) is 0 Å². The first-order valence-corrected chi connectivity index (χ1v) is 10.6. The number of ether oxygens (including phenoxy) is 1. The van der Waals surface area contributed by atoms with Gasteiger partial charge >= 0.3 is 0 Å². The Kier molecular flexibility index (Phi) is 7.30. The zero-order valence-electron chi connectivity index (χ0n) is 18.8. The minimum absolute atomic E-state index is 0.00634. The van der Waals surface area contributed by atoms with Crippen LogP contribution >= 0.6 is 0 Å². The van der Waals surface area contributed by atoms with Crippen molar-refractivity contribution in [1.29, 1.82) is 0 Å². The largest absolute Gasteiger partial charge is 0.507 e. The Morgan fingerprint density at radius 2 is 1.84 bits per heavy atom. The summed E-state index contributed by atoms with van der Waals surface area (Å²) >= 11 is 0. The van der Waals surface area contributed by atoms with Crippen LogP contribution in [0.1, 0.15) is 37.4 Å². The van der Waals surface area contributed by atoms with E-state index in [0.29, 0.717) is 29.8 Å². The molecule has 0 spiro atoms. The lowest BCUT2D eigenvalue weighted by Crippen LogP contribution is -2.32. The SMILES string of the molecule is CC(C)Oc1cccc(/C(O)=C2/C(=O)C(=O)N(CCCN(C)C)C2c2ccc(F)cc2)c1. The molecule has 0 aliphatic carbocycles. The van der Waals surface area contributed by atoms with Gasteiger partial charge in [0.2, 0.25) is 0 Å². The molecule has 0 aromatic heterocycles. The summed E-state index contributed by atoms with van der Waals surface area (Å²) in [7, 11) is 3.86. The van der Waals surface area contributed by atoms with Crippen LogP contribution in [0.15, 0.2) is 54.1 Å². The number of rotatable bonds is 8. The molecule has 0 radical (unpaired) electrons. The van der Waals surface area contributed by atoms with Gasteiger partial charge in [-0.05, 0) is 70.7 Å². The van der Waals surface area contributed by atoms with Crippen molar-refractivity contribution in [2.24, 2.45) is 0 Å². The van der Waals surface area contributed by atoms with E-state index in [1.807, 2.05) is 32.8 Å². The fourth-order valence-corrected chi connectivity index (χ4v) is 3.80. The van der Waals surface area contributed by atoms with E-state index < -0.39 is 23.5 Å². The molecule has 1 fully saturated rings. The Labute approximate surface area is 187 Å². The second-order valence-electron chi connectivity index (χ2n) is 8.40. The summed E-state index contributed by atoms with van der Waals surface area (Å²) in [6, 6.07) is 11.6. The average molecular weight is 441 g/mol. The Hall–Kier alpha value is -3.19. The highest BCUT2D eigenvalue weighted by Crippen LogP contribution is 2.39. The Morgan fingerprint density at radius 1 is 1.16 bits per heavy atom. The summed E-state index contributed by atoms with van der Waals surface area (Å²) in [4.78, 5) is 29.4. The van der Waals surface area contributed by atoms with E-state index in [1.165, 1.54) is 29.2 Å². The van der Waals surface area contributed by atoms with Gasteiger partial charge in [-0.3, -0.25) is 9.59 Å². The molecule has 2 aromatic carbocycles. The number of hydrogen-bond acceptors (Lipinski definition) is 5. The lowest BCUT2D eigenvalue weighted by atomic mass is 9.95. The van der Waals surface area contributed by atoms with Gasteiger partial charge in [-0.25, -0.2) is 4.39 Å². The number of nitrogens with zero attached hydrogens (tertiary/aromatic N) is 2. The molecule has 1 saturated heterocycles. The predicted octanol–water partition coefficient (Wildman–Crippen LogP) is 3.99. The number of likely N-dealkylation sites (tertiary alicyclic amines) is 1. The van der Waals surface area contributed by atoms with Crippen molar-refractivity contribution >= 4 is 17.4 Å². The fraction of sp³-hybridized carbons (Fsp3) is 0.360. The molecule has 7 heteroatoms. The highest BCUT2D eigenvalue weighted by Gasteiger charge is 2.45. The van der Waals surface area contributed by atoms with Gasteiger partial charge in [-0.15, -0.1) is 0 Å². The van der Waals surface area contributed by atoms with Crippen LogP contribution in [0.4, 0.5) is 4.39 Å². The van der Waals surface area contributed by atoms with Crippen molar-refractivity contribution in [3.8, 4) is 5.75 Å². The second-order valence-corrected chi connectivity index (χ2v) is 8.40. The molecule has 6 nitrogen and oxygen atoms in total. The summed E-state index contributed by atoms with van der Waals surface area (Å²) in [5.41, 5.74) is 0.932. The third-order valence-corrected chi connectivity index (χ3v) is 5.21. The Balaban J connectivity index is 2.07. The number of Topliss-reactive ketones (excluding diaryl/α,β-unsaturated/α-hetero) is 1. The summed E-state index contributed by atoms with van der Waals surface area (Å²) < 4.78 is 19.3. The summed E-state index contributed by atoms with van der Waals surface area (Å²) in [5, 5.41) is 11.1. The molecule has 1 N–H and O–H groups in total. The van der Waals surface area contributed by atoms with Gasteiger partial charge in [0.15, 0.2) is 0 Å². The Bertz CT molecular complexity index is 1010. The quantitative estimate of drug-likeness (QED) is 0.382. The molecule has 1 heterocycles. The van der Waals surface area contributed by atoms with Crippen LogP contribution in [0.3, 0.4) is 0 Å². The maximum atomic E-state index is 13.6. The van der Waals surface area contributed by atoms with Crippen LogP contribution < -0.4 is 4.74 Å². The molecule has 1 amide bonds. The molecule has 1 aliphatic heterocycles. The molecule has 0 saturated carbocycles. The smallest absolute Gasteiger partial charge is 0.295 e. The van der Waals surface area contributed by atoms with Crippen LogP contribution in [-0.4, -0.2) is 59.9 Å². The first-order chi connectivity index (χ1) is 15.2. The second kappa shape index (κ2) is 9.96. The lowest BCUT2D eigenvalue weighted by molar-refractivity contribution is -0.139. The van der Waals surface area contributed by atoms with E-state index in [0.717, 1.165) is 6.54 Å². The number of amides is 1. The summed E-state index contributed by atoms with van der Waals surface area (Å²) in [6.45, 7) is 4.84. The molecular formula is C25H29FN2O4. The number of ketones is 1. The van der Waals surface area contributed by atoms with Crippen molar-refractivity contribution in [2.45, 2.75) is 32.4 Å². The molecule has 32 heavy (non-hydrogen) atoms. The third kappa shape index (κ3) is 5.16. The van der Waals surface area contributed by atoms with Crippen LogP contribution in [0, 0.1) is 5.82 Å². The van der Waals surface area contributed by atoms with Gasteiger partial charge in [0.05, 0.1) is 17.7 Å². The lowest BCUT2D eigenvalue weighted by Gasteiger charge is -2.26. The molecule has 1 unspecified atom stereocenters. The molecule has 1 aliphatic rings. The van der Waals surface area contributed by atoms with E-state index >= 15 is 0 Å². The minimum Gasteiger partial charge on any atom is -0.507 e. The molecule has 3 rings (SSSR count). The summed E-state index contributed by atoms with van der Waals surface area (Å²) in [6.07, 6.45) is 0.587. The average Bonchev–Trinajstić information content (AvgIpc) is 2.98. The molecule has 170 valence electrons. The van der Waals surface area contributed by atoms with Gasteiger partial charge in [-0.1, -0.05) is 24.3 Å². The third-order valence-electron chi connectivity index (χ3n) is 5.21. The van der Waals surface area contributed by atoms with Crippen molar-refractivity contribution in [2.75, 3.05) is 27.2 Å². The predicted molar refractivity (Wildman–Crippen MR) is 121 cm³/mol. The zero-order chi connectivity index (χ0) is 23.4. The molecular weight excluding hydrogens is 411 g/mol. The minimum atomic E-state index is -0.799. The van der Waals surface area contributed by atoms with Crippen LogP contribution in [-0.2, 0) is 9.59 Å². The number of aliphatic hydroxyl groups is 1. The number of halogens is 1. The molecule has 0 bridgehead atoms. The number of carbonyl (C=O) groups excluding carboxylic acids is 2. The van der Waals surface area contributed by atoms with Gasteiger partial charge in [0, 0.05) is 12.1 Å². The van der Waals surface area contributed by atoms with Crippen molar-refractivity contribution < 1.29 is 23.8 Å². The van der Waals surface area contributed by atoms with Crippen LogP contribution in [0.5, 0.6) is 5.75 Å². The highest BCUT2D eigenvalue weighted by molar-refractivity contribution is 6.46. The van der Waals surface area contributed by atoms with Crippen molar-refractivity contribution in [3.05, 3.63) is 71.0 Å². The van der Waals surface area contributed by atoms with Gasteiger partial charge in [-0.2, -0.15) is 0 Å². The first kappa shape index (κ1) is 23.5.